The fraction of sp³-hybridized carbons (Fsp3) is 0.455. The predicted molar refractivity (Wildman–Crippen MR) is 57.6 cm³/mol. The van der Waals surface area contributed by atoms with Crippen molar-refractivity contribution in [3.8, 4) is 0 Å². The summed E-state index contributed by atoms with van der Waals surface area (Å²) in [6.07, 6.45) is 0.859. The normalized spacial score (nSPS) is 11.7. The van der Waals surface area contributed by atoms with Gasteiger partial charge in [-0.15, -0.1) is 0 Å². The summed E-state index contributed by atoms with van der Waals surface area (Å²) in [7, 11) is 0. The second-order valence-electron chi connectivity index (χ2n) is 4.36. The number of aryl methyl sites for hydroxylation is 1. The van der Waals surface area contributed by atoms with Gasteiger partial charge in [0, 0.05) is 11.2 Å². The van der Waals surface area contributed by atoms with Crippen LogP contribution in [0.3, 0.4) is 0 Å². The van der Waals surface area contributed by atoms with Crippen LogP contribution < -0.4 is 11.5 Å². The quantitative estimate of drug-likeness (QED) is 0.679. The van der Waals surface area contributed by atoms with Crippen molar-refractivity contribution in [2.24, 2.45) is 5.73 Å². The first kappa shape index (κ1) is 10.1. The minimum Gasteiger partial charge on any atom is -0.399 e. The van der Waals surface area contributed by atoms with Crippen LogP contribution in [0.15, 0.2) is 18.2 Å². The van der Waals surface area contributed by atoms with Crippen molar-refractivity contribution in [2.45, 2.75) is 32.7 Å². The molecule has 0 fully saturated rings. The summed E-state index contributed by atoms with van der Waals surface area (Å²) < 4.78 is 0. The molecule has 0 aliphatic carbocycles. The molecule has 0 radical (unpaired) electrons. The minimum absolute atomic E-state index is 0.165. The zero-order valence-electron chi connectivity index (χ0n) is 8.59. The Morgan fingerprint density at radius 2 is 1.92 bits per heavy atom. The Bertz CT molecular complexity index is 297. The van der Waals surface area contributed by atoms with Crippen LogP contribution in [0, 0.1) is 6.92 Å². The maximum Gasteiger partial charge on any atom is 0.0346 e. The highest BCUT2D eigenvalue weighted by Crippen LogP contribution is 2.16. The van der Waals surface area contributed by atoms with Gasteiger partial charge in [0.25, 0.3) is 0 Å². The first-order valence-corrected chi connectivity index (χ1v) is 4.52. The van der Waals surface area contributed by atoms with E-state index in [4.69, 9.17) is 11.5 Å². The molecule has 72 valence electrons. The van der Waals surface area contributed by atoms with E-state index in [2.05, 4.69) is 6.07 Å². The second kappa shape index (κ2) is 3.38. The van der Waals surface area contributed by atoms with Crippen LogP contribution >= 0.6 is 0 Å². The molecule has 0 saturated carbocycles. The van der Waals surface area contributed by atoms with E-state index in [9.17, 15) is 0 Å². The van der Waals surface area contributed by atoms with Gasteiger partial charge in [-0.05, 0) is 44.4 Å². The van der Waals surface area contributed by atoms with Crippen LogP contribution in [0.25, 0.3) is 0 Å². The predicted octanol–water partition coefficient (Wildman–Crippen LogP) is 1.86. The molecule has 0 aromatic heterocycles. The Hall–Kier alpha value is -1.02. The van der Waals surface area contributed by atoms with E-state index in [1.54, 1.807) is 0 Å². The molecule has 13 heavy (non-hydrogen) atoms. The van der Waals surface area contributed by atoms with Crippen molar-refractivity contribution < 1.29 is 0 Å². The third-order valence-corrected chi connectivity index (χ3v) is 2.00. The number of hydrogen-bond acceptors (Lipinski definition) is 2. The molecule has 0 aliphatic heterocycles. The fourth-order valence-corrected chi connectivity index (χ4v) is 1.33. The van der Waals surface area contributed by atoms with Crippen LogP contribution in [0.2, 0.25) is 0 Å². The van der Waals surface area contributed by atoms with Crippen LogP contribution in [0.5, 0.6) is 0 Å². The van der Waals surface area contributed by atoms with Crippen molar-refractivity contribution >= 4 is 5.69 Å². The Morgan fingerprint density at radius 1 is 1.31 bits per heavy atom. The van der Waals surface area contributed by atoms with Gasteiger partial charge in [0.1, 0.15) is 0 Å². The van der Waals surface area contributed by atoms with Crippen molar-refractivity contribution in [2.75, 3.05) is 5.73 Å². The zero-order valence-corrected chi connectivity index (χ0v) is 8.59. The van der Waals surface area contributed by atoms with E-state index in [0.717, 1.165) is 17.7 Å². The largest absolute Gasteiger partial charge is 0.399 e. The molecule has 0 unspecified atom stereocenters. The van der Waals surface area contributed by atoms with Gasteiger partial charge in [0.05, 0.1) is 0 Å². The fourth-order valence-electron chi connectivity index (χ4n) is 1.33. The molecule has 0 bridgehead atoms. The number of nitrogen functional groups attached to an aromatic ring is 1. The number of nitrogens with two attached hydrogens (primary N) is 2. The van der Waals surface area contributed by atoms with E-state index in [1.165, 1.54) is 5.56 Å². The summed E-state index contributed by atoms with van der Waals surface area (Å²) in [5.41, 5.74) is 14.7. The van der Waals surface area contributed by atoms with Crippen LogP contribution in [-0.4, -0.2) is 5.54 Å². The highest BCUT2D eigenvalue weighted by atomic mass is 14.7. The maximum absolute atomic E-state index is 5.91. The molecule has 0 aliphatic rings. The van der Waals surface area contributed by atoms with Crippen LogP contribution in [0.4, 0.5) is 5.69 Å². The van der Waals surface area contributed by atoms with Crippen LogP contribution in [0.1, 0.15) is 25.0 Å². The number of benzene rings is 1. The summed E-state index contributed by atoms with van der Waals surface area (Å²) in [6.45, 7) is 6.04. The summed E-state index contributed by atoms with van der Waals surface area (Å²) in [5, 5.41) is 0. The lowest BCUT2D eigenvalue weighted by atomic mass is 9.95. The molecule has 0 amide bonds. The molecule has 1 aromatic carbocycles. The third kappa shape index (κ3) is 3.07. The molecule has 0 heterocycles. The van der Waals surface area contributed by atoms with E-state index in [0.29, 0.717) is 0 Å². The van der Waals surface area contributed by atoms with Crippen molar-refractivity contribution in [1.82, 2.24) is 0 Å². The molecule has 1 rings (SSSR count). The summed E-state index contributed by atoms with van der Waals surface area (Å²) in [4.78, 5) is 0. The molecule has 0 spiro atoms. The minimum atomic E-state index is -0.165. The van der Waals surface area contributed by atoms with Crippen molar-refractivity contribution in [3.05, 3.63) is 29.3 Å². The van der Waals surface area contributed by atoms with Crippen LogP contribution in [-0.2, 0) is 6.42 Å². The highest BCUT2D eigenvalue weighted by molar-refractivity contribution is 5.48. The highest BCUT2D eigenvalue weighted by Gasteiger charge is 2.11. The molecule has 2 heteroatoms. The van der Waals surface area contributed by atoms with Crippen molar-refractivity contribution in [1.29, 1.82) is 0 Å². The van der Waals surface area contributed by atoms with Gasteiger partial charge >= 0.3 is 0 Å². The molecule has 1 aromatic rings. The zero-order chi connectivity index (χ0) is 10.1. The topological polar surface area (TPSA) is 52.0 Å². The summed E-state index contributed by atoms with van der Waals surface area (Å²) in [5.74, 6) is 0. The Morgan fingerprint density at radius 3 is 2.38 bits per heavy atom. The molecular formula is C11H18N2. The molecule has 4 N–H and O–H groups in total. The smallest absolute Gasteiger partial charge is 0.0346 e. The number of rotatable bonds is 2. The SMILES string of the molecule is Cc1ccc(CC(C)(C)N)cc1N. The van der Waals surface area contributed by atoms with Gasteiger partial charge in [0.15, 0.2) is 0 Å². The average molecular weight is 178 g/mol. The van der Waals surface area contributed by atoms with E-state index in [-0.39, 0.29) is 5.54 Å². The molecule has 0 saturated heterocycles. The van der Waals surface area contributed by atoms with Gasteiger partial charge in [-0.25, -0.2) is 0 Å². The monoisotopic (exact) mass is 178 g/mol. The Kier molecular flexibility index (Phi) is 2.62. The third-order valence-electron chi connectivity index (χ3n) is 2.00. The lowest BCUT2D eigenvalue weighted by Gasteiger charge is -2.18. The second-order valence-corrected chi connectivity index (χ2v) is 4.36. The molecular weight excluding hydrogens is 160 g/mol. The Balaban J connectivity index is 2.86. The Labute approximate surface area is 79.9 Å². The van der Waals surface area contributed by atoms with Gasteiger partial charge in [-0.2, -0.15) is 0 Å². The number of hydrogen-bond donors (Lipinski definition) is 2. The summed E-state index contributed by atoms with van der Waals surface area (Å²) >= 11 is 0. The lowest BCUT2D eigenvalue weighted by molar-refractivity contribution is 0.517. The average Bonchev–Trinajstić information content (AvgIpc) is 1.94. The maximum atomic E-state index is 5.91. The van der Waals surface area contributed by atoms with E-state index in [1.807, 2.05) is 32.9 Å². The standard InChI is InChI=1S/C11H18N2/c1-8-4-5-9(6-10(8)12)7-11(2,3)13/h4-6H,7,12-13H2,1-3H3. The molecule has 2 nitrogen and oxygen atoms in total. The van der Waals surface area contributed by atoms with E-state index < -0.39 is 0 Å². The van der Waals surface area contributed by atoms with Gasteiger partial charge in [-0.1, -0.05) is 12.1 Å². The molecule has 0 atom stereocenters. The van der Waals surface area contributed by atoms with E-state index >= 15 is 0 Å². The lowest BCUT2D eigenvalue weighted by Crippen LogP contribution is -2.34. The number of anilines is 1. The van der Waals surface area contributed by atoms with Gasteiger partial charge in [0.2, 0.25) is 0 Å². The van der Waals surface area contributed by atoms with Gasteiger partial charge in [-0.3, -0.25) is 0 Å². The first-order valence-electron chi connectivity index (χ1n) is 4.52. The first-order chi connectivity index (χ1) is 5.88. The van der Waals surface area contributed by atoms with Gasteiger partial charge < -0.3 is 11.5 Å². The summed E-state index contributed by atoms with van der Waals surface area (Å²) in [6, 6.07) is 6.13. The van der Waals surface area contributed by atoms with Crippen molar-refractivity contribution in [3.63, 3.8) is 0 Å².